The van der Waals surface area contributed by atoms with Gasteiger partial charge in [-0.2, -0.15) is 10.5 Å². The van der Waals surface area contributed by atoms with E-state index in [9.17, 15) is 15.3 Å². The molecule has 5 rings (SSSR count). The Balaban J connectivity index is 1.83. The molecule has 0 N–H and O–H groups in total. The molecule has 1 saturated heterocycles. The van der Waals surface area contributed by atoms with Crippen LogP contribution in [0.1, 0.15) is 38.5 Å². The Bertz CT molecular complexity index is 1350. The van der Waals surface area contributed by atoms with Gasteiger partial charge in [0.15, 0.2) is 11.2 Å². The third kappa shape index (κ3) is 2.99. The van der Waals surface area contributed by atoms with Crippen LogP contribution in [0, 0.1) is 41.9 Å². The summed E-state index contributed by atoms with van der Waals surface area (Å²) < 4.78 is 0. The molecule has 0 radical (unpaired) electrons. The molecule has 0 aromatic heterocycles. The van der Waals surface area contributed by atoms with Crippen LogP contribution >= 0.6 is 0 Å². The summed E-state index contributed by atoms with van der Waals surface area (Å²) in [7, 11) is 0. The van der Waals surface area contributed by atoms with Crippen molar-refractivity contribution in [1.29, 1.82) is 10.5 Å². The lowest BCUT2D eigenvalue weighted by molar-refractivity contribution is 0.0951. The molecule has 0 amide bonds. The van der Waals surface area contributed by atoms with E-state index >= 15 is 0 Å². The molecule has 4 nitrogen and oxygen atoms in total. The standard InChI is InChI=1S/C29H23N3O/c1-19-12-13-20(2)23(16-19)26-27(28(33)22-9-4-3-5-10-22)32-24-11-7-6-8-21(24)14-15-25(32)29(26,17-30)18-31/h3-16,25-27H,1-2H3/t25-,26+,27-/m1/s1. The topological polar surface area (TPSA) is 67.9 Å². The lowest BCUT2D eigenvalue weighted by atomic mass is 9.68. The maximum atomic E-state index is 14.1. The molecule has 4 heteroatoms. The fourth-order valence-electron chi connectivity index (χ4n) is 5.45. The van der Waals surface area contributed by atoms with Gasteiger partial charge in [-0.3, -0.25) is 4.79 Å². The number of Topliss-reactive ketones (excluding diaryl/α,β-unsaturated/α-hetero) is 1. The number of carbonyl (C=O) groups excluding carboxylic acids is 1. The van der Waals surface area contributed by atoms with Gasteiger partial charge in [-0.05, 0) is 36.6 Å². The maximum Gasteiger partial charge on any atom is 0.185 e. The number of anilines is 1. The second-order valence-corrected chi connectivity index (χ2v) is 8.88. The lowest BCUT2D eigenvalue weighted by Gasteiger charge is -2.35. The van der Waals surface area contributed by atoms with Crippen LogP contribution in [0.2, 0.25) is 0 Å². The largest absolute Gasteiger partial charge is 0.351 e. The quantitative estimate of drug-likeness (QED) is 0.509. The zero-order valence-electron chi connectivity index (χ0n) is 18.6. The van der Waals surface area contributed by atoms with Gasteiger partial charge in [-0.25, -0.2) is 0 Å². The van der Waals surface area contributed by atoms with Crippen molar-refractivity contribution in [2.45, 2.75) is 31.8 Å². The molecule has 2 aliphatic heterocycles. The van der Waals surface area contributed by atoms with Gasteiger partial charge in [0, 0.05) is 17.2 Å². The van der Waals surface area contributed by atoms with Crippen LogP contribution in [0.25, 0.3) is 6.08 Å². The number of para-hydroxylation sites is 1. The summed E-state index contributed by atoms with van der Waals surface area (Å²) in [5.74, 6) is -0.690. The average molecular weight is 430 g/mol. The molecule has 3 atom stereocenters. The van der Waals surface area contributed by atoms with E-state index in [-0.39, 0.29) is 5.78 Å². The number of fused-ring (bicyclic) bond motifs is 3. The van der Waals surface area contributed by atoms with Crippen molar-refractivity contribution in [3.8, 4) is 12.1 Å². The highest BCUT2D eigenvalue weighted by Gasteiger charge is 2.63. The van der Waals surface area contributed by atoms with Crippen molar-refractivity contribution in [3.63, 3.8) is 0 Å². The molecule has 2 heterocycles. The first-order valence-electron chi connectivity index (χ1n) is 11.1. The van der Waals surface area contributed by atoms with Crippen molar-refractivity contribution in [3.05, 3.63) is 107 Å². The van der Waals surface area contributed by atoms with E-state index in [1.54, 1.807) is 0 Å². The van der Waals surface area contributed by atoms with Crippen molar-refractivity contribution in [1.82, 2.24) is 0 Å². The summed E-state index contributed by atoms with van der Waals surface area (Å²) >= 11 is 0. The number of carbonyl (C=O) groups is 1. The van der Waals surface area contributed by atoms with Crippen LogP contribution in [0.5, 0.6) is 0 Å². The van der Waals surface area contributed by atoms with Gasteiger partial charge in [0.25, 0.3) is 0 Å². The normalized spacial score (nSPS) is 22.1. The Hall–Kier alpha value is -4.15. The molecule has 0 bridgehead atoms. The molecule has 160 valence electrons. The number of ketones is 1. The Morgan fingerprint density at radius 3 is 2.36 bits per heavy atom. The molecule has 3 aromatic carbocycles. The van der Waals surface area contributed by atoms with Gasteiger partial charge < -0.3 is 4.90 Å². The van der Waals surface area contributed by atoms with Crippen LogP contribution in [-0.4, -0.2) is 17.9 Å². The molecule has 0 spiro atoms. The number of rotatable bonds is 3. The van der Waals surface area contributed by atoms with Crippen molar-refractivity contribution in [2.75, 3.05) is 4.90 Å². The molecule has 0 aliphatic carbocycles. The van der Waals surface area contributed by atoms with Crippen molar-refractivity contribution in [2.24, 2.45) is 5.41 Å². The monoisotopic (exact) mass is 429 g/mol. The number of benzene rings is 3. The maximum absolute atomic E-state index is 14.1. The third-order valence-corrected chi connectivity index (χ3v) is 7.01. The lowest BCUT2D eigenvalue weighted by Crippen LogP contribution is -2.44. The van der Waals surface area contributed by atoms with E-state index < -0.39 is 23.4 Å². The zero-order chi connectivity index (χ0) is 23.2. The summed E-state index contributed by atoms with van der Waals surface area (Å²) in [5, 5.41) is 21.0. The fourth-order valence-corrected chi connectivity index (χ4v) is 5.45. The Morgan fingerprint density at radius 2 is 1.64 bits per heavy atom. The molecule has 2 aliphatic rings. The highest BCUT2D eigenvalue weighted by molar-refractivity contribution is 6.04. The minimum absolute atomic E-state index is 0.0796. The first-order chi connectivity index (χ1) is 16.0. The van der Waals surface area contributed by atoms with Crippen LogP contribution < -0.4 is 4.90 Å². The van der Waals surface area contributed by atoms with E-state index in [1.165, 1.54) is 0 Å². The first kappa shape index (κ1) is 20.7. The molecular formula is C29H23N3O. The van der Waals surface area contributed by atoms with Crippen LogP contribution in [0.4, 0.5) is 5.69 Å². The van der Waals surface area contributed by atoms with Gasteiger partial charge in [0.1, 0.15) is 6.04 Å². The summed E-state index contributed by atoms with van der Waals surface area (Å²) in [6.45, 7) is 3.98. The second kappa shape index (κ2) is 7.76. The molecule has 3 aromatic rings. The number of nitriles is 2. The third-order valence-electron chi connectivity index (χ3n) is 7.01. The van der Waals surface area contributed by atoms with Gasteiger partial charge >= 0.3 is 0 Å². The number of nitrogens with zero attached hydrogens (tertiary/aromatic N) is 3. The Kier molecular flexibility index (Phi) is 4.88. The van der Waals surface area contributed by atoms with E-state index in [4.69, 9.17) is 0 Å². The summed E-state index contributed by atoms with van der Waals surface area (Å²) in [6.07, 6.45) is 3.89. The number of hydrogen-bond acceptors (Lipinski definition) is 4. The summed E-state index contributed by atoms with van der Waals surface area (Å²) in [6, 6.07) is 26.6. The highest BCUT2D eigenvalue weighted by atomic mass is 16.1. The average Bonchev–Trinajstić information content (AvgIpc) is 3.16. The molecular weight excluding hydrogens is 406 g/mol. The zero-order valence-corrected chi connectivity index (χ0v) is 18.6. The van der Waals surface area contributed by atoms with Crippen LogP contribution in [0.15, 0.2) is 78.9 Å². The van der Waals surface area contributed by atoms with E-state index in [0.717, 1.165) is 27.9 Å². The van der Waals surface area contributed by atoms with Gasteiger partial charge in [-0.15, -0.1) is 0 Å². The smallest absolute Gasteiger partial charge is 0.185 e. The van der Waals surface area contributed by atoms with E-state index in [1.807, 2.05) is 104 Å². The van der Waals surface area contributed by atoms with E-state index in [2.05, 4.69) is 12.1 Å². The van der Waals surface area contributed by atoms with Crippen LogP contribution in [0.3, 0.4) is 0 Å². The molecule has 33 heavy (non-hydrogen) atoms. The summed E-state index contributed by atoms with van der Waals surface area (Å²) in [4.78, 5) is 16.1. The van der Waals surface area contributed by atoms with Crippen molar-refractivity contribution >= 4 is 17.5 Å². The number of hydrogen-bond donors (Lipinski definition) is 0. The minimum atomic E-state index is -1.42. The fraction of sp³-hybridized carbons (Fsp3) is 0.207. The Morgan fingerprint density at radius 1 is 0.939 bits per heavy atom. The molecule has 0 saturated carbocycles. The van der Waals surface area contributed by atoms with Crippen molar-refractivity contribution < 1.29 is 4.79 Å². The molecule has 1 fully saturated rings. The second-order valence-electron chi connectivity index (χ2n) is 8.88. The molecule has 0 unspecified atom stereocenters. The number of aryl methyl sites for hydroxylation is 2. The van der Waals surface area contributed by atoms with Gasteiger partial charge in [0.05, 0.1) is 18.2 Å². The summed E-state index contributed by atoms with van der Waals surface area (Å²) in [5.41, 5.74) is 3.91. The van der Waals surface area contributed by atoms with Gasteiger partial charge in [-0.1, -0.05) is 84.4 Å². The van der Waals surface area contributed by atoms with Gasteiger partial charge in [0.2, 0.25) is 0 Å². The predicted molar refractivity (Wildman–Crippen MR) is 129 cm³/mol. The van der Waals surface area contributed by atoms with E-state index in [0.29, 0.717) is 5.56 Å². The minimum Gasteiger partial charge on any atom is -0.351 e. The van der Waals surface area contributed by atoms with Crippen LogP contribution in [-0.2, 0) is 0 Å². The SMILES string of the molecule is Cc1ccc(C)c([C@H]2[C@H](C(=O)c3ccccc3)N3c4ccccc4C=C[C@@H]3C2(C#N)C#N)c1. The highest BCUT2D eigenvalue weighted by Crippen LogP contribution is 2.56. The Labute approximate surface area is 194 Å². The first-order valence-corrected chi connectivity index (χ1v) is 11.1. The predicted octanol–water partition coefficient (Wildman–Crippen LogP) is 5.59.